The number of aromatic nitrogens is 3. The summed E-state index contributed by atoms with van der Waals surface area (Å²) in [7, 11) is 4.49. The van der Waals surface area contributed by atoms with E-state index in [1.807, 2.05) is 0 Å². The van der Waals surface area contributed by atoms with Gasteiger partial charge in [0.25, 0.3) is 0 Å². The van der Waals surface area contributed by atoms with Crippen LogP contribution in [0.15, 0.2) is 35.6 Å². The van der Waals surface area contributed by atoms with Gasteiger partial charge in [-0.2, -0.15) is 13.2 Å². The molecule has 3 rings (SSSR count). The van der Waals surface area contributed by atoms with Gasteiger partial charge >= 0.3 is 6.18 Å². The first kappa shape index (κ1) is 22.5. The van der Waals surface area contributed by atoms with Gasteiger partial charge in [0.2, 0.25) is 5.91 Å². The van der Waals surface area contributed by atoms with Crippen LogP contribution in [0.3, 0.4) is 0 Å². The van der Waals surface area contributed by atoms with E-state index in [0.717, 1.165) is 24.0 Å². The highest BCUT2D eigenvalue weighted by molar-refractivity contribution is 7.99. The molecule has 0 radical (unpaired) electrons. The molecule has 3 aromatic rings. The number of nitrogens with zero attached hydrogens (tertiary/aromatic N) is 3. The largest absolute Gasteiger partial charge is 0.496 e. The number of alkyl halides is 3. The predicted molar refractivity (Wildman–Crippen MR) is 107 cm³/mol. The number of nitrogens with one attached hydrogen (secondary N) is 1. The summed E-state index contributed by atoms with van der Waals surface area (Å²) in [5, 5.41) is 10.6. The zero-order valence-corrected chi connectivity index (χ0v) is 17.6. The van der Waals surface area contributed by atoms with E-state index in [0.29, 0.717) is 22.8 Å². The summed E-state index contributed by atoms with van der Waals surface area (Å²) in [6.45, 7) is 0.154. The quantitative estimate of drug-likeness (QED) is 0.521. The minimum Gasteiger partial charge on any atom is -0.496 e. The number of hydrogen-bond donors (Lipinski definition) is 1. The number of carbonyl (C=O) groups excluding carboxylic acids is 1. The smallest absolute Gasteiger partial charge is 0.417 e. The summed E-state index contributed by atoms with van der Waals surface area (Å²) in [4.78, 5) is 12.3. The van der Waals surface area contributed by atoms with Crippen molar-refractivity contribution in [3.8, 4) is 17.2 Å². The lowest BCUT2D eigenvalue weighted by atomic mass is 10.1. The molecular weight excluding hydrogens is 437 g/mol. The van der Waals surface area contributed by atoms with E-state index in [4.69, 9.17) is 14.2 Å². The number of ether oxygens (including phenoxy) is 3. The van der Waals surface area contributed by atoms with E-state index in [1.54, 1.807) is 12.1 Å². The molecule has 31 heavy (non-hydrogen) atoms. The molecule has 2 heterocycles. The molecular formula is C19H19F3N4O4S. The number of rotatable bonds is 8. The van der Waals surface area contributed by atoms with Crippen molar-refractivity contribution >= 4 is 23.3 Å². The summed E-state index contributed by atoms with van der Waals surface area (Å²) in [6, 6.07) is 5.50. The average Bonchev–Trinajstić information content (AvgIpc) is 3.17. The topological polar surface area (TPSA) is 87.0 Å². The fourth-order valence-electron chi connectivity index (χ4n) is 2.74. The van der Waals surface area contributed by atoms with Crippen molar-refractivity contribution in [3.05, 3.63) is 41.6 Å². The maximum atomic E-state index is 12.9. The Hall–Kier alpha value is -3.15. The van der Waals surface area contributed by atoms with Crippen LogP contribution in [0.5, 0.6) is 17.2 Å². The summed E-state index contributed by atoms with van der Waals surface area (Å²) in [5.74, 6) is 1.07. The third kappa shape index (κ3) is 5.13. The Bertz CT molecular complexity index is 1090. The highest BCUT2D eigenvalue weighted by atomic mass is 32.2. The molecule has 0 saturated heterocycles. The molecule has 2 aromatic heterocycles. The molecule has 0 spiro atoms. The Morgan fingerprint density at radius 2 is 1.74 bits per heavy atom. The number of carbonyl (C=O) groups is 1. The minimum atomic E-state index is -4.49. The molecule has 12 heteroatoms. The normalized spacial score (nSPS) is 11.4. The average molecular weight is 456 g/mol. The standard InChI is InChI=1S/C19H19F3N4O4S/c1-28-13-7-15(30-3)14(29-2)6-11(13)8-23-17(27)10-31-18-25-24-16-5-4-12(9-26(16)18)19(20,21)22/h4-7,9H,8,10H2,1-3H3,(H,23,27). The van der Waals surface area contributed by atoms with Crippen LogP contribution < -0.4 is 19.5 Å². The molecule has 166 valence electrons. The van der Waals surface area contributed by atoms with Gasteiger partial charge in [0.1, 0.15) is 5.75 Å². The van der Waals surface area contributed by atoms with Gasteiger partial charge < -0.3 is 19.5 Å². The number of amides is 1. The second-order valence-corrected chi connectivity index (χ2v) is 7.15. The summed E-state index contributed by atoms with van der Waals surface area (Å²) in [5.41, 5.74) is 0.0962. The Kier molecular flexibility index (Phi) is 6.78. The Morgan fingerprint density at radius 3 is 2.39 bits per heavy atom. The lowest BCUT2D eigenvalue weighted by Crippen LogP contribution is -2.25. The first-order valence-electron chi connectivity index (χ1n) is 8.87. The number of hydrogen-bond acceptors (Lipinski definition) is 7. The van der Waals surface area contributed by atoms with Gasteiger partial charge in [-0.1, -0.05) is 11.8 Å². The van der Waals surface area contributed by atoms with Crippen LogP contribution in [-0.2, 0) is 17.5 Å². The van der Waals surface area contributed by atoms with Crippen molar-refractivity contribution in [2.45, 2.75) is 17.9 Å². The van der Waals surface area contributed by atoms with Crippen LogP contribution in [0.1, 0.15) is 11.1 Å². The van der Waals surface area contributed by atoms with Crippen LogP contribution >= 0.6 is 11.8 Å². The molecule has 0 aliphatic heterocycles. The fourth-order valence-corrected chi connectivity index (χ4v) is 3.49. The van der Waals surface area contributed by atoms with E-state index in [1.165, 1.54) is 31.8 Å². The van der Waals surface area contributed by atoms with Gasteiger partial charge in [-0.15, -0.1) is 10.2 Å². The Labute approximate surface area is 179 Å². The van der Waals surface area contributed by atoms with E-state index >= 15 is 0 Å². The van der Waals surface area contributed by atoms with Gasteiger partial charge in [0, 0.05) is 24.4 Å². The lowest BCUT2D eigenvalue weighted by molar-refractivity contribution is -0.137. The number of methoxy groups -OCH3 is 3. The zero-order valence-electron chi connectivity index (χ0n) is 16.8. The van der Waals surface area contributed by atoms with E-state index in [2.05, 4.69) is 15.5 Å². The van der Waals surface area contributed by atoms with Crippen LogP contribution in [0, 0.1) is 0 Å². The highest BCUT2D eigenvalue weighted by Crippen LogP contribution is 2.34. The molecule has 0 aliphatic carbocycles. The van der Waals surface area contributed by atoms with Crippen LogP contribution in [0.4, 0.5) is 13.2 Å². The van der Waals surface area contributed by atoms with Crippen molar-refractivity contribution < 1.29 is 32.2 Å². The van der Waals surface area contributed by atoms with Gasteiger partial charge in [0.15, 0.2) is 22.3 Å². The molecule has 0 fully saturated rings. The molecule has 8 nitrogen and oxygen atoms in total. The summed E-state index contributed by atoms with van der Waals surface area (Å²) < 4.78 is 55.8. The molecule has 0 unspecified atom stereocenters. The third-order valence-electron chi connectivity index (χ3n) is 4.29. The number of thioether (sulfide) groups is 1. The number of fused-ring (bicyclic) bond motifs is 1. The highest BCUT2D eigenvalue weighted by Gasteiger charge is 2.31. The number of pyridine rings is 1. The zero-order chi connectivity index (χ0) is 22.6. The lowest BCUT2D eigenvalue weighted by Gasteiger charge is -2.14. The second-order valence-electron chi connectivity index (χ2n) is 6.21. The number of halogens is 3. The maximum Gasteiger partial charge on any atom is 0.417 e. The van der Waals surface area contributed by atoms with Crippen molar-refractivity contribution in [2.75, 3.05) is 27.1 Å². The first-order chi connectivity index (χ1) is 14.8. The molecule has 0 bridgehead atoms. The van der Waals surface area contributed by atoms with Gasteiger partial charge in [-0.05, 0) is 18.2 Å². The van der Waals surface area contributed by atoms with Crippen molar-refractivity contribution in [1.29, 1.82) is 0 Å². The van der Waals surface area contributed by atoms with Crippen molar-refractivity contribution in [2.24, 2.45) is 0 Å². The molecule has 1 amide bonds. The maximum absolute atomic E-state index is 12.9. The first-order valence-corrected chi connectivity index (χ1v) is 9.85. The van der Waals surface area contributed by atoms with Gasteiger partial charge in [-0.3, -0.25) is 9.20 Å². The van der Waals surface area contributed by atoms with Crippen molar-refractivity contribution in [3.63, 3.8) is 0 Å². The fraction of sp³-hybridized carbons (Fsp3) is 0.316. The molecule has 0 saturated carbocycles. The third-order valence-corrected chi connectivity index (χ3v) is 5.24. The number of benzene rings is 1. The van der Waals surface area contributed by atoms with Crippen LogP contribution in [-0.4, -0.2) is 47.6 Å². The van der Waals surface area contributed by atoms with Crippen molar-refractivity contribution in [1.82, 2.24) is 19.9 Å². The van der Waals surface area contributed by atoms with E-state index in [9.17, 15) is 18.0 Å². The summed E-state index contributed by atoms with van der Waals surface area (Å²) in [6.07, 6.45) is -3.58. The molecule has 1 N–H and O–H groups in total. The van der Waals surface area contributed by atoms with Crippen LogP contribution in [0.25, 0.3) is 5.65 Å². The van der Waals surface area contributed by atoms with E-state index in [-0.39, 0.29) is 29.0 Å². The van der Waals surface area contributed by atoms with Gasteiger partial charge in [-0.25, -0.2) is 0 Å². The monoisotopic (exact) mass is 456 g/mol. The summed E-state index contributed by atoms with van der Waals surface area (Å²) >= 11 is 0.977. The minimum absolute atomic E-state index is 0.0629. The SMILES string of the molecule is COc1cc(OC)c(OC)cc1CNC(=O)CSc1nnc2ccc(C(F)(F)F)cn12. The Balaban J connectivity index is 1.66. The molecule has 0 atom stereocenters. The van der Waals surface area contributed by atoms with Crippen LogP contribution in [0.2, 0.25) is 0 Å². The molecule has 1 aromatic carbocycles. The predicted octanol–water partition coefficient (Wildman–Crippen LogP) is 3.18. The second kappa shape index (κ2) is 9.33. The van der Waals surface area contributed by atoms with E-state index < -0.39 is 11.7 Å². The Morgan fingerprint density at radius 1 is 1.06 bits per heavy atom. The van der Waals surface area contributed by atoms with Gasteiger partial charge in [0.05, 0.1) is 32.6 Å². The molecule has 0 aliphatic rings.